The number of piperidine rings is 1. The molecule has 0 atom stereocenters. The lowest BCUT2D eigenvalue weighted by Gasteiger charge is -2.30. The van der Waals surface area contributed by atoms with E-state index >= 15 is 0 Å². The number of hydrogen-bond donors (Lipinski definition) is 1. The van der Waals surface area contributed by atoms with Crippen LogP contribution in [0.5, 0.6) is 0 Å². The molecule has 17 heavy (non-hydrogen) atoms. The molecule has 1 heterocycles. The molecular weight excluding hydrogens is 222 g/mol. The molecule has 0 aromatic rings. The molecule has 96 valence electrons. The second-order valence-corrected chi connectivity index (χ2v) is 4.23. The number of nitrogens with zero attached hydrogens (tertiary/aromatic N) is 1. The Hall–Kier alpha value is -1.52. The Morgan fingerprint density at radius 3 is 2.59 bits per heavy atom. The molecule has 1 N–H and O–H groups in total. The van der Waals surface area contributed by atoms with Crippen LogP contribution in [-0.4, -0.2) is 41.8 Å². The van der Waals surface area contributed by atoms with Crippen LogP contribution in [-0.2, 0) is 9.53 Å². The molecule has 1 rings (SSSR count). The molecule has 5 heteroatoms. The van der Waals surface area contributed by atoms with Crippen molar-refractivity contribution in [3.8, 4) is 0 Å². The third-order valence-corrected chi connectivity index (χ3v) is 2.96. The zero-order chi connectivity index (χ0) is 12.7. The zero-order valence-electron chi connectivity index (χ0n) is 9.93. The summed E-state index contributed by atoms with van der Waals surface area (Å²) in [6.45, 7) is 5.02. The molecule has 0 unspecified atom stereocenters. The van der Waals surface area contributed by atoms with Crippen LogP contribution in [0.25, 0.3) is 0 Å². The first-order valence-electron chi connectivity index (χ1n) is 5.88. The number of carboxylic acids is 1. The van der Waals surface area contributed by atoms with Crippen molar-refractivity contribution < 1.29 is 19.4 Å². The molecule has 0 spiro atoms. The Kier molecular flexibility index (Phi) is 5.52. The quantitative estimate of drug-likeness (QED) is 0.746. The van der Waals surface area contributed by atoms with Crippen molar-refractivity contribution in [2.45, 2.75) is 25.7 Å². The Labute approximate surface area is 101 Å². The molecule has 0 saturated carbocycles. The van der Waals surface area contributed by atoms with Crippen molar-refractivity contribution in [3.05, 3.63) is 12.7 Å². The van der Waals surface area contributed by atoms with Gasteiger partial charge < -0.3 is 14.7 Å². The molecule has 0 bridgehead atoms. The van der Waals surface area contributed by atoms with Gasteiger partial charge in [0.25, 0.3) is 0 Å². The van der Waals surface area contributed by atoms with Gasteiger partial charge >= 0.3 is 12.1 Å². The van der Waals surface area contributed by atoms with E-state index < -0.39 is 5.97 Å². The van der Waals surface area contributed by atoms with Crippen molar-refractivity contribution in [1.82, 2.24) is 4.90 Å². The predicted molar refractivity (Wildman–Crippen MR) is 62.7 cm³/mol. The minimum atomic E-state index is -0.752. The van der Waals surface area contributed by atoms with Gasteiger partial charge in [-0.25, -0.2) is 4.79 Å². The van der Waals surface area contributed by atoms with Crippen LogP contribution >= 0.6 is 0 Å². The Morgan fingerprint density at radius 2 is 2.06 bits per heavy atom. The summed E-state index contributed by atoms with van der Waals surface area (Å²) in [7, 11) is 0. The van der Waals surface area contributed by atoms with Crippen molar-refractivity contribution >= 4 is 12.1 Å². The van der Waals surface area contributed by atoms with E-state index in [1.54, 1.807) is 4.90 Å². The number of likely N-dealkylation sites (tertiary alicyclic amines) is 1. The minimum Gasteiger partial charge on any atom is -0.481 e. The number of carbonyl (C=O) groups is 2. The van der Waals surface area contributed by atoms with Crippen molar-refractivity contribution in [2.24, 2.45) is 5.92 Å². The predicted octanol–water partition coefficient (Wildman–Crippen LogP) is 1.89. The van der Waals surface area contributed by atoms with Crippen LogP contribution in [0, 0.1) is 5.92 Å². The van der Waals surface area contributed by atoms with Gasteiger partial charge in [0.2, 0.25) is 0 Å². The van der Waals surface area contributed by atoms with Crippen molar-refractivity contribution in [2.75, 3.05) is 19.7 Å². The van der Waals surface area contributed by atoms with Crippen LogP contribution in [0.2, 0.25) is 0 Å². The van der Waals surface area contributed by atoms with Gasteiger partial charge in [-0.05, 0) is 25.2 Å². The minimum absolute atomic E-state index is 0.214. The first kappa shape index (κ1) is 13.5. The number of ether oxygens (including phenoxy) is 1. The largest absolute Gasteiger partial charge is 0.481 e. The number of aliphatic carboxylic acids is 1. The SMILES string of the molecule is C=CCOC(=O)N1CCC(CCC(=O)O)CC1. The number of hydrogen-bond acceptors (Lipinski definition) is 3. The molecule has 1 aliphatic rings. The lowest BCUT2D eigenvalue weighted by atomic mass is 9.92. The fourth-order valence-electron chi connectivity index (χ4n) is 1.95. The second-order valence-electron chi connectivity index (χ2n) is 4.23. The van der Waals surface area contributed by atoms with Gasteiger partial charge in [-0.1, -0.05) is 12.7 Å². The molecule has 0 aromatic heterocycles. The van der Waals surface area contributed by atoms with Gasteiger partial charge in [0.05, 0.1) is 0 Å². The Bertz CT molecular complexity index is 282. The maximum atomic E-state index is 11.5. The normalized spacial score (nSPS) is 16.6. The smallest absolute Gasteiger partial charge is 0.410 e. The highest BCUT2D eigenvalue weighted by Crippen LogP contribution is 2.22. The highest BCUT2D eigenvalue weighted by atomic mass is 16.6. The monoisotopic (exact) mass is 241 g/mol. The summed E-state index contributed by atoms with van der Waals surface area (Å²) in [5.41, 5.74) is 0. The summed E-state index contributed by atoms with van der Waals surface area (Å²) in [5, 5.41) is 8.59. The highest BCUT2D eigenvalue weighted by molar-refractivity contribution is 5.68. The van der Waals surface area contributed by atoms with E-state index in [9.17, 15) is 9.59 Å². The summed E-state index contributed by atoms with van der Waals surface area (Å²) < 4.78 is 4.94. The zero-order valence-corrected chi connectivity index (χ0v) is 9.93. The fourth-order valence-corrected chi connectivity index (χ4v) is 1.95. The molecule has 5 nitrogen and oxygen atoms in total. The standard InChI is InChI=1S/C12H19NO4/c1-2-9-17-12(16)13-7-5-10(6-8-13)3-4-11(14)15/h2,10H,1,3-9H2,(H,14,15). The van der Waals surface area contributed by atoms with E-state index in [0.717, 1.165) is 12.8 Å². The summed E-state index contributed by atoms with van der Waals surface area (Å²) >= 11 is 0. The van der Waals surface area contributed by atoms with Crippen LogP contribution in [0.1, 0.15) is 25.7 Å². The van der Waals surface area contributed by atoms with Crippen LogP contribution in [0.3, 0.4) is 0 Å². The summed E-state index contributed by atoms with van der Waals surface area (Å²) in [6, 6.07) is 0. The van der Waals surface area contributed by atoms with E-state index in [1.165, 1.54) is 6.08 Å². The average molecular weight is 241 g/mol. The van der Waals surface area contributed by atoms with Gasteiger partial charge in [0.15, 0.2) is 0 Å². The van der Waals surface area contributed by atoms with Gasteiger partial charge in [-0.15, -0.1) is 0 Å². The average Bonchev–Trinajstić information content (AvgIpc) is 2.34. The van der Waals surface area contributed by atoms with E-state index in [4.69, 9.17) is 9.84 Å². The number of carboxylic acid groups (broad SMARTS) is 1. The maximum Gasteiger partial charge on any atom is 0.410 e. The number of amides is 1. The number of carbonyl (C=O) groups excluding carboxylic acids is 1. The first-order valence-corrected chi connectivity index (χ1v) is 5.88. The lowest BCUT2D eigenvalue weighted by Crippen LogP contribution is -2.38. The first-order chi connectivity index (χ1) is 8.13. The highest BCUT2D eigenvalue weighted by Gasteiger charge is 2.23. The van der Waals surface area contributed by atoms with Gasteiger partial charge in [0, 0.05) is 19.5 Å². The van der Waals surface area contributed by atoms with E-state index in [2.05, 4.69) is 6.58 Å². The summed E-state index contributed by atoms with van der Waals surface area (Å²) in [5.74, 6) is -0.340. The van der Waals surface area contributed by atoms with Gasteiger partial charge in [-0.3, -0.25) is 4.79 Å². The molecule has 0 aromatic carbocycles. The fraction of sp³-hybridized carbons (Fsp3) is 0.667. The number of rotatable bonds is 5. The molecule has 1 fully saturated rings. The second kappa shape index (κ2) is 6.93. The molecule has 1 aliphatic heterocycles. The van der Waals surface area contributed by atoms with Gasteiger partial charge in [0.1, 0.15) is 6.61 Å². The maximum absolute atomic E-state index is 11.5. The molecular formula is C12H19NO4. The van der Waals surface area contributed by atoms with Gasteiger partial charge in [-0.2, -0.15) is 0 Å². The van der Waals surface area contributed by atoms with Crippen LogP contribution in [0.4, 0.5) is 4.79 Å². The third-order valence-electron chi connectivity index (χ3n) is 2.96. The third kappa shape index (κ3) is 4.89. The lowest BCUT2D eigenvalue weighted by molar-refractivity contribution is -0.137. The van der Waals surface area contributed by atoms with E-state index in [1.807, 2.05) is 0 Å². The van der Waals surface area contributed by atoms with Crippen molar-refractivity contribution in [1.29, 1.82) is 0 Å². The summed E-state index contributed by atoms with van der Waals surface area (Å²) in [6.07, 6.45) is 3.86. The Morgan fingerprint density at radius 1 is 1.41 bits per heavy atom. The molecule has 1 amide bonds. The van der Waals surface area contributed by atoms with Crippen LogP contribution < -0.4 is 0 Å². The molecule has 0 radical (unpaired) electrons. The summed E-state index contributed by atoms with van der Waals surface area (Å²) in [4.78, 5) is 23.6. The molecule has 0 aliphatic carbocycles. The van der Waals surface area contributed by atoms with Crippen LogP contribution in [0.15, 0.2) is 12.7 Å². The molecule has 1 saturated heterocycles. The Balaban J connectivity index is 2.23. The topological polar surface area (TPSA) is 66.8 Å². The van der Waals surface area contributed by atoms with E-state index in [-0.39, 0.29) is 19.1 Å². The van der Waals surface area contributed by atoms with Crippen molar-refractivity contribution in [3.63, 3.8) is 0 Å². The van der Waals surface area contributed by atoms with E-state index in [0.29, 0.717) is 25.4 Å².